The van der Waals surface area contributed by atoms with Gasteiger partial charge in [0.25, 0.3) is 10.0 Å². The van der Waals surface area contributed by atoms with Crippen LogP contribution in [0.5, 0.6) is 0 Å². The van der Waals surface area contributed by atoms with E-state index in [1.165, 1.54) is 6.07 Å². The first-order valence-electron chi connectivity index (χ1n) is 6.02. The lowest BCUT2D eigenvalue weighted by atomic mass is 10.1. The summed E-state index contributed by atoms with van der Waals surface area (Å²) in [6.07, 6.45) is 0. The largest absolute Gasteiger partial charge is 0.392 e. The number of benzene rings is 2. The van der Waals surface area contributed by atoms with Gasteiger partial charge in [-0.1, -0.05) is 28.1 Å². The summed E-state index contributed by atoms with van der Waals surface area (Å²) in [4.78, 5) is 0.154. The van der Waals surface area contributed by atoms with Gasteiger partial charge in [-0.2, -0.15) is 0 Å². The molecule has 2 rings (SSSR count). The van der Waals surface area contributed by atoms with Crippen LogP contribution in [0.25, 0.3) is 0 Å². The lowest BCUT2D eigenvalue weighted by Crippen LogP contribution is -2.15. The van der Waals surface area contributed by atoms with E-state index in [-0.39, 0.29) is 11.5 Å². The van der Waals surface area contributed by atoms with Crippen molar-refractivity contribution in [2.75, 3.05) is 4.72 Å². The zero-order valence-electron chi connectivity index (χ0n) is 11.1. The van der Waals surface area contributed by atoms with Crippen LogP contribution in [-0.4, -0.2) is 13.5 Å². The monoisotopic (exact) mass is 433 g/mol. The van der Waals surface area contributed by atoms with Crippen LogP contribution in [-0.2, 0) is 16.6 Å². The summed E-state index contributed by atoms with van der Waals surface area (Å²) < 4.78 is 29.0. The number of rotatable bonds is 4. The first-order chi connectivity index (χ1) is 9.85. The van der Waals surface area contributed by atoms with E-state index in [4.69, 9.17) is 0 Å². The minimum Gasteiger partial charge on any atom is -0.392 e. The minimum absolute atomic E-state index is 0.154. The predicted molar refractivity (Wildman–Crippen MR) is 89.8 cm³/mol. The fourth-order valence-corrected chi connectivity index (χ4v) is 4.10. The normalized spacial score (nSPS) is 11.4. The number of hydrogen-bond acceptors (Lipinski definition) is 3. The van der Waals surface area contributed by atoms with E-state index in [0.717, 1.165) is 4.47 Å². The van der Waals surface area contributed by atoms with Gasteiger partial charge in [-0.25, -0.2) is 8.42 Å². The lowest BCUT2D eigenvalue weighted by Gasteiger charge is -2.13. The standard InChI is InChI=1S/C14H13Br2NO3S/c1-9-10(8-18)3-2-4-14(9)21(19,20)17-13-7-11(15)5-6-12(13)16/h2-7,17-18H,8H2,1H3. The highest BCUT2D eigenvalue weighted by atomic mass is 79.9. The number of anilines is 1. The molecular formula is C14H13Br2NO3S. The Balaban J connectivity index is 2.46. The molecule has 7 heteroatoms. The van der Waals surface area contributed by atoms with Crippen molar-refractivity contribution in [1.82, 2.24) is 0 Å². The average Bonchev–Trinajstić information content (AvgIpc) is 2.42. The zero-order valence-corrected chi connectivity index (χ0v) is 15.1. The zero-order chi connectivity index (χ0) is 15.6. The highest BCUT2D eigenvalue weighted by Gasteiger charge is 2.19. The Bertz CT molecular complexity index is 776. The third-order valence-electron chi connectivity index (χ3n) is 3.03. The molecular weight excluding hydrogens is 422 g/mol. The Labute approximate surface area is 140 Å². The van der Waals surface area contributed by atoms with Crippen LogP contribution in [0, 0.1) is 6.92 Å². The molecule has 0 spiro atoms. The molecule has 0 fully saturated rings. The van der Waals surface area contributed by atoms with Crippen molar-refractivity contribution in [1.29, 1.82) is 0 Å². The second kappa shape index (κ2) is 6.48. The van der Waals surface area contributed by atoms with Crippen LogP contribution < -0.4 is 4.72 Å². The van der Waals surface area contributed by atoms with Crippen molar-refractivity contribution >= 4 is 47.6 Å². The second-order valence-corrected chi connectivity index (χ2v) is 7.85. The molecule has 0 saturated carbocycles. The number of nitrogens with one attached hydrogen (secondary N) is 1. The van der Waals surface area contributed by atoms with Crippen molar-refractivity contribution in [2.24, 2.45) is 0 Å². The van der Waals surface area contributed by atoms with Gasteiger partial charge in [-0.15, -0.1) is 0 Å². The van der Waals surface area contributed by atoms with E-state index < -0.39 is 10.0 Å². The smallest absolute Gasteiger partial charge is 0.262 e. The molecule has 0 unspecified atom stereocenters. The molecule has 0 radical (unpaired) electrons. The summed E-state index contributed by atoms with van der Waals surface area (Å²) in [6.45, 7) is 1.48. The van der Waals surface area contributed by atoms with Gasteiger partial charge in [0.1, 0.15) is 0 Å². The van der Waals surface area contributed by atoms with Crippen LogP contribution in [0.15, 0.2) is 50.2 Å². The summed E-state index contributed by atoms with van der Waals surface area (Å²) in [5.74, 6) is 0. The summed E-state index contributed by atoms with van der Waals surface area (Å²) in [5.41, 5.74) is 1.57. The topological polar surface area (TPSA) is 66.4 Å². The van der Waals surface area contributed by atoms with Gasteiger partial charge in [0.05, 0.1) is 17.2 Å². The Kier molecular flexibility index (Phi) is 5.08. The molecule has 4 nitrogen and oxygen atoms in total. The maximum absolute atomic E-state index is 12.5. The maximum atomic E-state index is 12.5. The van der Waals surface area contributed by atoms with Crippen molar-refractivity contribution < 1.29 is 13.5 Å². The Hall–Kier alpha value is -0.890. The molecule has 0 aliphatic heterocycles. The maximum Gasteiger partial charge on any atom is 0.262 e. The molecule has 0 aliphatic rings. The highest BCUT2D eigenvalue weighted by molar-refractivity contribution is 9.11. The van der Waals surface area contributed by atoms with Crippen LogP contribution in [0.3, 0.4) is 0 Å². The summed E-state index contributed by atoms with van der Waals surface area (Å²) in [5, 5.41) is 9.25. The first kappa shape index (κ1) is 16.5. The number of aliphatic hydroxyl groups is 1. The fourth-order valence-electron chi connectivity index (χ4n) is 1.90. The van der Waals surface area contributed by atoms with Crippen molar-refractivity contribution in [2.45, 2.75) is 18.4 Å². The summed E-state index contributed by atoms with van der Waals surface area (Å²) in [6, 6.07) is 10.1. The second-order valence-electron chi connectivity index (χ2n) is 4.43. The van der Waals surface area contributed by atoms with Crippen molar-refractivity contribution in [3.63, 3.8) is 0 Å². The molecule has 0 bridgehead atoms. The summed E-state index contributed by atoms with van der Waals surface area (Å²) in [7, 11) is -3.73. The third-order valence-corrected chi connectivity index (χ3v) is 5.72. The molecule has 0 saturated heterocycles. The van der Waals surface area contributed by atoms with Crippen LogP contribution in [0.1, 0.15) is 11.1 Å². The van der Waals surface area contributed by atoms with Gasteiger partial charge in [-0.05, 0) is 58.2 Å². The van der Waals surface area contributed by atoms with E-state index in [9.17, 15) is 13.5 Å². The van der Waals surface area contributed by atoms with Gasteiger partial charge < -0.3 is 5.11 Å². The predicted octanol–water partition coefficient (Wildman–Crippen LogP) is 3.81. The van der Waals surface area contributed by atoms with Gasteiger partial charge >= 0.3 is 0 Å². The molecule has 2 aromatic carbocycles. The first-order valence-corrected chi connectivity index (χ1v) is 9.09. The number of aliphatic hydroxyl groups excluding tert-OH is 1. The Morgan fingerprint density at radius 1 is 1.19 bits per heavy atom. The van der Waals surface area contributed by atoms with Crippen LogP contribution >= 0.6 is 31.9 Å². The average molecular weight is 435 g/mol. The SMILES string of the molecule is Cc1c(CO)cccc1S(=O)(=O)Nc1cc(Br)ccc1Br. The van der Waals surface area contributed by atoms with E-state index in [0.29, 0.717) is 21.3 Å². The molecule has 0 atom stereocenters. The third kappa shape index (κ3) is 3.66. The molecule has 0 aliphatic carbocycles. The molecule has 112 valence electrons. The van der Waals surface area contributed by atoms with Crippen molar-refractivity contribution in [3.05, 3.63) is 56.5 Å². The molecule has 0 heterocycles. The molecule has 2 aromatic rings. The van der Waals surface area contributed by atoms with Crippen LogP contribution in [0.2, 0.25) is 0 Å². The number of hydrogen-bond donors (Lipinski definition) is 2. The molecule has 0 amide bonds. The number of halogens is 2. The van der Waals surface area contributed by atoms with Gasteiger partial charge in [-0.3, -0.25) is 4.72 Å². The van der Waals surface area contributed by atoms with Gasteiger partial charge in [0.15, 0.2) is 0 Å². The van der Waals surface area contributed by atoms with E-state index in [1.54, 1.807) is 37.3 Å². The van der Waals surface area contributed by atoms with E-state index in [1.807, 2.05) is 0 Å². The minimum atomic E-state index is -3.73. The molecule has 21 heavy (non-hydrogen) atoms. The van der Waals surface area contributed by atoms with Crippen LogP contribution in [0.4, 0.5) is 5.69 Å². The quantitative estimate of drug-likeness (QED) is 0.768. The Morgan fingerprint density at radius 2 is 1.90 bits per heavy atom. The van der Waals surface area contributed by atoms with Gasteiger partial charge in [0.2, 0.25) is 0 Å². The van der Waals surface area contributed by atoms with Crippen molar-refractivity contribution in [3.8, 4) is 0 Å². The number of sulfonamides is 1. The highest BCUT2D eigenvalue weighted by Crippen LogP contribution is 2.29. The fraction of sp³-hybridized carbons (Fsp3) is 0.143. The van der Waals surface area contributed by atoms with Gasteiger partial charge in [0, 0.05) is 8.95 Å². The Morgan fingerprint density at radius 3 is 2.57 bits per heavy atom. The summed E-state index contributed by atoms with van der Waals surface area (Å²) >= 11 is 6.62. The van der Waals surface area contributed by atoms with E-state index >= 15 is 0 Å². The lowest BCUT2D eigenvalue weighted by molar-refractivity contribution is 0.280. The van der Waals surface area contributed by atoms with E-state index in [2.05, 4.69) is 36.6 Å². The molecule has 2 N–H and O–H groups in total. The molecule has 0 aromatic heterocycles.